The van der Waals surface area contributed by atoms with E-state index in [1.165, 1.54) is 6.07 Å². The van der Waals surface area contributed by atoms with Crippen molar-refractivity contribution in [3.05, 3.63) is 27.4 Å². The highest BCUT2D eigenvalue weighted by Gasteiger charge is 2.29. The molecule has 4 heteroatoms. The Morgan fingerprint density at radius 3 is 2.80 bits per heavy atom. The van der Waals surface area contributed by atoms with Gasteiger partial charge < -0.3 is 0 Å². The van der Waals surface area contributed by atoms with E-state index >= 15 is 0 Å². The average molecular weight is 227 g/mol. The van der Waals surface area contributed by atoms with E-state index < -0.39 is 0 Å². The Bertz CT molecular complexity index is 421. The van der Waals surface area contributed by atoms with Crippen LogP contribution in [0.1, 0.15) is 38.4 Å². The molecule has 82 valence electrons. The van der Waals surface area contributed by atoms with Crippen molar-refractivity contribution in [1.82, 2.24) is 9.55 Å². The number of nitrogens with zero attached hydrogens (tertiary/aromatic N) is 2. The van der Waals surface area contributed by atoms with Crippen LogP contribution in [0.4, 0.5) is 0 Å². The molecular weight excluding hydrogens is 212 g/mol. The molecule has 1 aromatic heterocycles. The zero-order chi connectivity index (χ0) is 11.0. The van der Waals surface area contributed by atoms with Gasteiger partial charge in [-0.05, 0) is 18.8 Å². The lowest BCUT2D eigenvalue weighted by Gasteiger charge is -2.13. The Hall–Kier alpha value is -0.830. The molecule has 1 saturated carbocycles. The molecule has 15 heavy (non-hydrogen) atoms. The van der Waals surface area contributed by atoms with Gasteiger partial charge in [-0.1, -0.05) is 25.4 Å². The monoisotopic (exact) mass is 226 g/mol. The summed E-state index contributed by atoms with van der Waals surface area (Å²) in [6.07, 6.45) is 2.26. The maximum absolute atomic E-state index is 11.8. The molecule has 1 fully saturated rings. The van der Waals surface area contributed by atoms with Crippen LogP contribution in [0.3, 0.4) is 0 Å². The van der Waals surface area contributed by atoms with Crippen LogP contribution < -0.4 is 5.56 Å². The predicted octanol–water partition coefficient (Wildman–Crippen LogP) is 2.43. The summed E-state index contributed by atoms with van der Waals surface area (Å²) in [6, 6.07) is 1.40. The van der Waals surface area contributed by atoms with Crippen LogP contribution in [0.25, 0.3) is 0 Å². The minimum atomic E-state index is -0.0226. The van der Waals surface area contributed by atoms with Crippen LogP contribution in [0.2, 0.25) is 5.15 Å². The Kier molecular flexibility index (Phi) is 2.83. The molecule has 0 N–H and O–H groups in total. The normalized spacial score (nSPS) is 16.0. The van der Waals surface area contributed by atoms with E-state index in [1.807, 2.05) is 0 Å². The summed E-state index contributed by atoms with van der Waals surface area (Å²) in [7, 11) is 0. The zero-order valence-electron chi connectivity index (χ0n) is 9.03. The number of hydrogen-bond donors (Lipinski definition) is 0. The second-order valence-corrected chi connectivity index (χ2v) is 4.94. The van der Waals surface area contributed by atoms with Crippen molar-refractivity contribution in [2.75, 3.05) is 0 Å². The second-order valence-electron chi connectivity index (χ2n) is 4.55. The van der Waals surface area contributed by atoms with E-state index in [9.17, 15) is 4.79 Å². The molecule has 1 aliphatic carbocycles. The first kappa shape index (κ1) is 10.7. The first-order valence-electron chi connectivity index (χ1n) is 5.35. The number of halogens is 1. The van der Waals surface area contributed by atoms with E-state index in [0.717, 1.165) is 25.2 Å². The van der Waals surface area contributed by atoms with Gasteiger partial charge in [-0.3, -0.25) is 9.36 Å². The molecule has 2 rings (SSSR count). The highest BCUT2D eigenvalue weighted by Crippen LogP contribution is 2.38. The number of hydrogen-bond acceptors (Lipinski definition) is 2. The summed E-state index contributed by atoms with van der Waals surface area (Å²) in [5.41, 5.74) is -0.0226. The molecular formula is C11H15ClN2O. The number of rotatable bonds is 3. The minimum absolute atomic E-state index is 0.0226. The van der Waals surface area contributed by atoms with Crippen LogP contribution in [0.5, 0.6) is 0 Å². The van der Waals surface area contributed by atoms with Gasteiger partial charge in [0, 0.05) is 18.5 Å². The third-order valence-corrected chi connectivity index (χ3v) is 2.69. The molecule has 0 unspecified atom stereocenters. The second kappa shape index (κ2) is 3.97. The molecule has 0 radical (unpaired) electrons. The van der Waals surface area contributed by atoms with E-state index in [-0.39, 0.29) is 5.56 Å². The summed E-state index contributed by atoms with van der Waals surface area (Å²) in [5, 5.41) is 0.321. The van der Waals surface area contributed by atoms with Crippen molar-refractivity contribution in [1.29, 1.82) is 0 Å². The average Bonchev–Trinajstić information content (AvgIpc) is 2.91. The largest absolute Gasteiger partial charge is 0.296 e. The Morgan fingerprint density at radius 2 is 2.27 bits per heavy atom. The fourth-order valence-corrected chi connectivity index (χ4v) is 1.88. The molecule has 0 bridgehead atoms. The van der Waals surface area contributed by atoms with E-state index in [1.54, 1.807) is 4.57 Å². The summed E-state index contributed by atoms with van der Waals surface area (Å²) in [5.74, 6) is 1.78. The first-order valence-corrected chi connectivity index (χ1v) is 5.73. The Labute approximate surface area is 94.1 Å². The third-order valence-electron chi connectivity index (χ3n) is 2.50. The molecule has 0 aromatic carbocycles. The molecule has 0 amide bonds. The van der Waals surface area contributed by atoms with E-state index in [0.29, 0.717) is 17.0 Å². The zero-order valence-corrected chi connectivity index (χ0v) is 9.79. The van der Waals surface area contributed by atoms with Crippen LogP contribution in [-0.2, 0) is 6.54 Å². The van der Waals surface area contributed by atoms with Crippen molar-refractivity contribution in [3.63, 3.8) is 0 Å². The highest BCUT2D eigenvalue weighted by atomic mass is 35.5. The molecule has 0 saturated heterocycles. The lowest BCUT2D eigenvalue weighted by Crippen LogP contribution is -2.26. The topological polar surface area (TPSA) is 34.9 Å². The van der Waals surface area contributed by atoms with Gasteiger partial charge >= 0.3 is 0 Å². The van der Waals surface area contributed by atoms with Gasteiger partial charge in [-0.15, -0.1) is 0 Å². The number of aromatic nitrogens is 2. The summed E-state index contributed by atoms with van der Waals surface area (Å²) >= 11 is 5.81. The minimum Gasteiger partial charge on any atom is -0.296 e. The Morgan fingerprint density at radius 1 is 1.60 bits per heavy atom. The van der Waals surface area contributed by atoms with Gasteiger partial charge in [-0.25, -0.2) is 4.98 Å². The maximum atomic E-state index is 11.8. The lowest BCUT2D eigenvalue weighted by atomic mass is 10.2. The molecule has 0 atom stereocenters. The van der Waals surface area contributed by atoms with E-state index in [4.69, 9.17) is 11.6 Å². The van der Waals surface area contributed by atoms with E-state index in [2.05, 4.69) is 18.8 Å². The predicted molar refractivity (Wildman–Crippen MR) is 60.3 cm³/mol. The molecule has 0 spiro atoms. The highest BCUT2D eigenvalue weighted by molar-refractivity contribution is 6.29. The summed E-state index contributed by atoms with van der Waals surface area (Å²) in [6.45, 7) is 4.92. The lowest BCUT2D eigenvalue weighted by molar-refractivity contribution is 0.486. The summed E-state index contributed by atoms with van der Waals surface area (Å²) < 4.78 is 1.77. The van der Waals surface area contributed by atoms with Gasteiger partial charge in [0.2, 0.25) is 0 Å². The standard InChI is InChI=1S/C11H15ClN2O/c1-7(2)6-14-10(15)5-9(12)13-11(14)8-3-4-8/h5,7-8H,3-4,6H2,1-2H3. The van der Waals surface area contributed by atoms with Crippen LogP contribution in [0, 0.1) is 5.92 Å². The smallest absolute Gasteiger partial charge is 0.254 e. The first-order chi connectivity index (χ1) is 7.08. The van der Waals surface area contributed by atoms with Crippen molar-refractivity contribution >= 4 is 11.6 Å². The van der Waals surface area contributed by atoms with Gasteiger partial charge in [0.25, 0.3) is 5.56 Å². The van der Waals surface area contributed by atoms with Crippen molar-refractivity contribution in [3.8, 4) is 0 Å². The van der Waals surface area contributed by atoms with Gasteiger partial charge in [-0.2, -0.15) is 0 Å². The van der Waals surface area contributed by atoms with Crippen LogP contribution >= 0.6 is 11.6 Å². The van der Waals surface area contributed by atoms with Crippen molar-refractivity contribution < 1.29 is 0 Å². The summed E-state index contributed by atoms with van der Waals surface area (Å²) in [4.78, 5) is 16.0. The van der Waals surface area contributed by atoms with Crippen LogP contribution in [0.15, 0.2) is 10.9 Å². The molecule has 3 nitrogen and oxygen atoms in total. The quantitative estimate of drug-likeness (QED) is 0.742. The molecule has 1 aliphatic rings. The maximum Gasteiger partial charge on any atom is 0.254 e. The Balaban J connectivity index is 2.44. The fraction of sp³-hybridized carbons (Fsp3) is 0.636. The van der Waals surface area contributed by atoms with Gasteiger partial charge in [0.15, 0.2) is 0 Å². The molecule has 1 heterocycles. The molecule has 1 aromatic rings. The third kappa shape index (κ3) is 2.40. The fourth-order valence-electron chi connectivity index (χ4n) is 1.70. The van der Waals surface area contributed by atoms with Crippen molar-refractivity contribution in [2.24, 2.45) is 5.92 Å². The van der Waals surface area contributed by atoms with Crippen LogP contribution in [-0.4, -0.2) is 9.55 Å². The van der Waals surface area contributed by atoms with Gasteiger partial charge in [0.1, 0.15) is 11.0 Å². The molecule has 0 aliphatic heterocycles. The van der Waals surface area contributed by atoms with Gasteiger partial charge in [0.05, 0.1) is 0 Å². The van der Waals surface area contributed by atoms with Crippen molar-refractivity contribution in [2.45, 2.75) is 39.2 Å². The SMILES string of the molecule is CC(C)Cn1c(C2CC2)nc(Cl)cc1=O.